The van der Waals surface area contributed by atoms with Gasteiger partial charge in [-0.2, -0.15) is 0 Å². The smallest absolute Gasteiger partial charge is 0.118 e. The van der Waals surface area contributed by atoms with Crippen molar-refractivity contribution in [3.63, 3.8) is 0 Å². The molecule has 2 N–H and O–H groups in total. The molecule has 0 heterocycles. The molecule has 4 heteroatoms. The van der Waals surface area contributed by atoms with Crippen LogP contribution in [0.5, 0.6) is 5.75 Å². The first-order valence-corrected chi connectivity index (χ1v) is 8.01. The van der Waals surface area contributed by atoms with E-state index < -0.39 is 0 Å². The Bertz CT molecular complexity index is 653. The summed E-state index contributed by atoms with van der Waals surface area (Å²) in [6.45, 7) is 7.46. The number of anilines is 1. The number of allylic oxidation sites excluding steroid dienone is 1. The molecule has 0 aromatic heterocycles. The Kier molecular flexibility index (Phi) is 6.51. The van der Waals surface area contributed by atoms with E-state index in [1.54, 1.807) is 7.11 Å². The van der Waals surface area contributed by atoms with Gasteiger partial charge in [-0.15, -0.1) is 0 Å². The number of rotatable bonds is 8. The standard InChI is InChI=1S/C19H23ClN2O/c1-14(2)22-17-7-6-16(19(20)12-17)10-11-21-13-15-4-8-18(23-3)9-5-15/h4-9,12,21-22H,1,10-11,13H2,2-3H3. The van der Waals surface area contributed by atoms with Gasteiger partial charge in [0.15, 0.2) is 0 Å². The highest BCUT2D eigenvalue weighted by Gasteiger charge is 2.02. The lowest BCUT2D eigenvalue weighted by molar-refractivity contribution is 0.414. The topological polar surface area (TPSA) is 33.3 Å². The van der Waals surface area contributed by atoms with Crippen molar-refractivity contribution in [2.24, 2.45) is 0 Å². The summed E-state index contributed by atoms with van der Waals surface area (Å²) in [5.74, 6) is 0.879. The molecule has 0 radical (unpaired) electrons. The molecule has 3 nitrogen and oxygen atoms in total. The number of methoxy groups -OCH3 is 1. The van der Waals surface area contributed by atoms with Gasteiger partial charge < -0.3 is 15.4 Å². The second kappa shape index (κ2) is 8.61. The lowest BCUT2D eigenvalue weighted by Gasteiger charge is -2.10. The molecule has 0 bridgehead atoms. The first kappa shape index (κ1) is 17.4. The number of halogens is 1. The van der Waals surface area contributed by atoms with E-state index in [0.29, 0.717) is 0 Å². The normalized spacial score (nSPS) is 10.4. The Morgan fingerprint density at radius 3 is 2.52 bits per heavy atom. The van der Waals surface area contributed by atoms with Gasteiger partial charge in [0.2, 0.25) is 0 Å². The summed E-state index contributed by atoms with van der Waals surface area (Å²) < 4.78 is 5.15. The molecule has 2 rings (SSSR count). The van der Waals surface area contributed by atoms with Gasteiger partial charge in [-0.25, -0.2) is 0 Å². The molecule has 0 aliphatic rings. The average molecular weight is 331 g/mol. The van der Waals surface area contributed by atoms with Crippen LogP contribution in [0.1, 0.15) is 18.1 Å². The van der Waals surface area contributed by atoms with Gasteiger partial charge >= 0.3 is 0 Å². The van der Waals surface area contributed by atoms with Crippen LogP contribution in [0.4, 0.5) is 5.69 Å². The Morgan fingerprint density at radius 2 is 1.91 bits per heavy atom. The van der Waals surface area contributed by atoms with Crippen LogP contribution in [0.15, 0.2) is 54.7 Å². The zero-order valence-electron chi connectivity index (χ0n) is 13.7. The minimum absolute atomic E-state index is 0.780. The summed E-state index contributed by atoms with van der Waals surface area (Å²) in [6.07, 6.45) is 0.891. The molecule has 0 saturated heterocycles. The highest BCUT2D eigenvalue weighted by Crippen LogP contribution is 2.22. The van der Waals surface area contributed by atoms with Crippen molar-refractivity contribution in [1.29, 1.82) is 0 Å². The molecule has 122 valence electrons. The first-order valence-electron chi connectivity index (χ1n) is 7.63. The number of hydrogen-bond donors (Lipinski definition) is 2. The third kappa shape index (κ3) is 5.62. The fourth-order valence-electron chi connectivity index (χ4n) is 2.27. The Morgan fingerprint density at radius 1 is 1.17 bits per heavy atom. The molecule has 0 saturated carbocycles. The van der Waals surface area contributed by atoms with Gasteiger partial charge in [-0.1, -0.05) is 36.4 Å². The quantitative estimate of drug-likeness (QED) is 0.692. The van der Waals surface area contributed by atoms with Gasteiger partial charge in [0, 0.05) is 23.0 Å². The van der Waals surface area contributed by atoms with Crippen molar-refractivity contribution in [3.8, 4) is 5.75 Å². The summed E-state index contributed by atoms with van der Waals surface area (Å²) in [7, 11) is 1.67. The molecule has 0 fully saturated rings. The second-order valence-electron chi connectivity index (χ2n) is 5.49. The van der Waals surface area contributed by atoms with Crippen molar-refractivity contribution in [3.05, 3.63) is 70.9 Å². The second-order valence-corrected chi connectivity index (χ2v) is 5.89. The summed E-state index contributed by atoms with van der Waals surface area (Å²) in [5.41, 5.74) is 4.24. The van der Waals surface area contributed by atoms with Crippen LogP contribution in [0, 0.1) is 0 Å². The number of hydrogen-bond acceptors (Lipinski definition) is 3. The predicted octanol–water partition coefficient (Wildman–Crippen LogP) is 4.63. The molecular weight excluding hydrogens is 308 g/mol. The molecule has 2 aromatic rings. The largest absolute Gasteiger partial charge is 0.497 e. The average Bonchev–Trinajstić information content (AvgIpc) is 2.53. The maximum absolute atomic E-state index is 6.33. The number of nitrogens with one attached hydrogen (secondary N) is 2. The van der Waals surface area contributed by atoms with E-state index in [1.165, 1.54) is 5.56 Å². The van der Waals surface area contributed by atoms with Crippen molar-refractivity contribution >= 4 is 17.3 Å². The molecule has 0 unspecified atom stereocenters. The van der Waals surface area contributed by atoms with Gasteiger partial charge in [0.25, 0.3) is 0 Å². The van der Waals surface area contributed by atoms with Crippen LogP contribution in [0.3, 0.4) is 0 Å². The third-order valence-corrected chi connectivity index (χ3v) is 3.82. The summed E-state index contributed by atoms with van der Waals surface area (Å²) in [6, 6.07) is 14.1. The molecular formula is C19H23ClN2O. The maximum atomic E-state index is 6.33. The minimum Gasteiger partial charge on any atom is -0.497 e. The summed E-state index contributed by atoms with van der Waals surface area (Å²) in [5, 5.41) is 7.38. The number of benzene rings is 2. The monoisotopic (exact) mass is 330 g/mol. The first-order chi connectivity index (χ1) is 11.1. The minimum atomic E-state index is 0.780. The Balaban J connectivity index is 1.80. The van der Waals surface area contributed by atoms with Crippen molar-refractivity contribution in [2.75, 3.05) is 19.0 Å². The molecule has 0 atom stereocenters. The Labute approximate surface area is 143 Å². The van der Waals surface area contributed by atoms with Crippen LogP contribution >= 0.6 is 11.6 Å². The third-order valence-electron chi connectivity index (χ3n) is 3.47. The van der Waals surface area contributed by atoms with Gasteiger partial charge in [-0.05, 0) is 55.3 Å². The van der Waals surface area contributed by atoms with E-state index in [2.05, 4.69) is 35.4 Å². The lowest BCUT2D eigenvalue weighted by Crippen LogP contribution is -2.16. The van der Waals surface area contributed by atoms with E-state index >= 15 is 0 Å². The van der Waals surface area contributed by atoms with Crippen molar-refractivity contribution < 1.29 is 4.74 Å². The van der Waals surface area contributed by atoms with E-state index in [9.17, 15) is 0 Å². The van der Waals surface area contributed by atoms with E-state index in [4.69, 9.17) is 16.3 Å². The van der Waals surface area contributed by atoms with E-state index in [-0.39, 0.29) is 0 Å². The molecule has 0 amide bonds. The molecule has 0 spiro atoms. The molecule has 23 heavy (non-hydrogen) atoms. The molecule has 0 aliphatic heterocycles. The zero-order valence-corrected chi connectivity index (χ0v) is 14.4. The highest BCUT2D eigenvalue weighted by atomic mass is 35.5. The highest BCUT2D eigenvalue weighted by molar-refractivity contribution is 6.31. The van der Waals surface area contributed by atoms with Crippen LogP contribution in [0.25, 0.3) is 0 Å². The SMILES string of the molecule is C=C(C)Nc1ccc(CCNCc2ccc(OC)cc2)c(Cl)c1. The predicted molar refractivity (Wildman–Crippen MR) is 98.3 cm³/mol. The maximum Gasteiger partial charge on any atom is 0.118 e. The van der Waals surface area contributed by atoms with Crippen molar-refractivity contribution in [2.45, 2.75) is 19.9 Å². The van der Waals surface area contributed by atoms with Gasteiger partial charge in [0.1, 0.15) is 5.75 Å². The van der Waals surface area contributed by atoms with Crippen LogP contribution in [-0.2, 0) is 13.0 Å². The van der Waals surface area contributed by atoms with Gasteiger partial charge in [0.05, 0.1) is 7.11 Å². The lowest BCUT2D eigenvalue weighted by atomic mass is 10.1. The summed E-state index contributed by atoms with van der Waals surface area (Å²) in [4.78, 5) is 0. The van der Waals surface area contributed by atoms with Crippen LogP contribution in [-0.4, -0.2) is 13.7 Å². The molecule has 0 aliphatic carbocycles. The summed E-state index contributed by atoms with van der Waals surface area (Å²) >= 11 is 6.33. The zero-order chi connectivity index (χ0) is 16.7. The van der Waals surface area contributed by atoms with Crippen molar-refractivity contribution in [1.82, 2.24) is 5.32 Å². The number of ether oxygens (including phenoxy) is 1. The molecule has 2 aromatic carbocycles. The van der Waals surface area contributed by atoms with E-state index in [0.717, 1.165) is 47.2 Å². The Hall–Kier alpha value is -1.97. The van der Waals surface area contributed by atoms with Crippen LogP contribution in [0.2, 0.25) is 5.02 Å². The van der Waals surface area contributed by atoms with Gasteiger partial charge in [-0.3, -0.25) is 0 Å². The van der Waals surface area contributed by atoms with E-state index in [1.807, 2.05) is 31.2 Å². The fourth-order valence-corrected chi connectivity index (χ4v) is 2.55. The van der Waals surface area contributed by atoms with Crippen LogP contribution < -0.4 is 15.4 Å². The fraction of sp³-hybridized carbons (Fsp3) is 0.263.